The lowest BCUT2D eigenvalue weighted by atomic mass is 9.94. The van der Waals surface area contributed by atoms with Gasteiger partial charge in [-0.25, -0.2) is 0 Å². The number of nitrogen functional groups attached to an aromatic ring is 1. The average molecular weight is 176 g/mol. The molecule has 70 valence electrons. The molecule has 2 N–H and O–H groups in total. The van der Waals surface area contributed by atoms with E-state index in [1.807, 2.05) is 6.07 Å². The average Bonchev–Trinajstić information content (AvgIpc) is 2.12. The van der Waals surface area contributed by atoms with Crippen molar-refractivity contribution in [3.63, 3.8) is 0 Å². The lowest BCUT2D eigenvalue weighted by Gasteiger charge is -2.32. The molecule has 1 aliphatic rings. The molecule has 2 nitrogen and oxygen atoms in total. The summed E-state index contributed by atoms with van der Waals surface area (Å²) < 4.78 is 0. The van der Waals surface area contributed by atoms with Gasteiger partial charge < -0.3 is 5.73 Å². The number of nitrogens with two attached hydrogens (primary N) is 1. The van der Waals surface area contributed by atoms with Crippen LogP contribution in [0.4, 0.5) is 5.69 Å². The molecule has 0 unspecified atom stereocenters. The largest absolute Gasteiger partial charge is 0.399 e. The van der Waals surface area contributed by atoms with Crippen molar-refractivity contribution >= 4 is 5.69 Å². The molecule has 0 spiro atoms. The van der Waals surface area contributed by atoms with Crippen LogP contribution in [-0.4, -0.2) is 18.5 Å². The molecule has 0 radical (unpaired) electrons. The van der Waals surface area contributed by atoms with Crippen molar-refractivity contribution in [2.45, 2.75) is 19.4 Å². The van der Waals surface area contributed by atoms with Gasteiger partial charge in [0, 0.05) is 18.3 Å². The first-order chi connectivity index (χ1) is 6.18. The van der Waals surface area contributed by atoms with Crippen molar-refractivity contribution in [3.8, 4) is 0 Å². The van der Waals surface area contributed by atoms with Crippen LogP contribution in [0.3, 0.4) is 0 Å². The Hall–Kier alpha value is -1.02. The number of anilines is 1. The van der Waals surface area contributed by atoms with Gasteiger partial charge in [-0.05, 0) is 43.7 Å². The van der Waals surface area contributed by atoms with E-state index in [0.717, 1.165) is 18.7 Å². The molecule has 0 amide bonds. The number of hydrogen-bond acceptors (Lipinski definition) is 2. The summed E-state index contributed by atoms with van der Waals surface area (Å²) >= 11 is 0. The van der Waals surface area contributed by atoms with Crippen LogP contribution >= 0.6 is 0 Å². The number of fused-ring (bicyclic) bond motifs is 1. The number of nitrogens with zero attached hydrogens (tertiary/aromatic N) is 1. The molecule has 0 bridgehead atoms. The molecule has 1 aromatic carbocycles. The Morgan fingerprint density at radius 2 is 2.23 bits per heavy atom. The summed E-state index contributed by atoms with van der Waals surface area (Å²) in [6, 6.07) is 6.79. The minimum absolute atomic E-state index is 0.532. The van der Waals surface area contributed by atoms with Gasteiger partial charge in [-0.15, -0.1) is 0 Å². The first-order valence-corrected chi connectivity index (χ1v) is 4.77. The van der Waals surface area contributed by atoms with Crippen molar-refractivity contribution < 1.29 is 0 Å². The molecule has 0 fully saturated rings. The smallest absolute Gasteiger partial charge is 0.0319 e. The van der Waals surface area contributed by atoms with Crippen molar-refractivity contribution in [3.05, 3.63) is 29.3 Å². The van der Waals surface area contributed by atoms with Crippen molar-refractivity contribution in [2.75, 3.05) is 19.3 Å². The predicted molar refractivity (Wildman–Crippen MR) is 55.6 cm³/mol. The van der Waals surface area contributed by atoms with Gasteiger partial charge in [0.25, 0.3) is 0 Å². The third-order valence-electron chi connectivity index (χ3n) is 3.01. The first kappa shape index (κ1) is 8.57. The van der Waals surface area contributed by atoms with Gasteiger partial charge in [0.2, 0.25) is 0 Å². The topological polar surface area (TPSA) is 29.3 Å². The Morgan fingerprint density at radius 3 is 3.00 bits per heavy atom. The Kier molecular flexibility index (Phi) is 2.00. The van der Waals surface area contributed by atoms with Crippen molar-refractivity contribution in [2.24, 2.45) is 0 Å². The van der Waals surface area contributed by atoms with Crippen LogP contribution in [-0.2, 0) is 6.42 Å². The highest BCUT2D eigenvalue weighted by Gasteiger charge is 2.20. The van der Waals surface area contributed by atoms with Crippen LogP contribution in [0.15, 0.2) is 18.2 Å². The fourth-order valence-electron chi connectivity index (χ4n) is 1.98. The van der Waals surface area contributed by atoms with E-state index in [4.69, 9.17) is 5.73 Å². The maximum absolute atomic E-state index is 5.75. The standard InChI is InChI=1S/C11H16N2/c1-8-11-4-3-10(12)7-9(11)5-6-13(8)2/h3-4,7-8H,5-6,12H2,1-2H3/t8-/m1/s1. The lowest BCUT2D eigenvalue weighted by Crippen LogP contribution is -2.30. The molecule has 1 aromatic rings. The molecule has 0 saturated heterocycles. The minimum atomic E-state index is 0.532. The SMILES string of the molecule is C[C@@H]1c2ccc(N)cc2CCN1C. The molecule has 1 atom stereocenters. The molecule has 2 heteroatoms. The van der Waals surface area contributed by atoms with Crippen LogP contribution in [0.25, 0.3) is 0 Å². The fourth-order valence-corrected chi connectivity index (χ4v) is 1.98. The molecule has 13 heavy (non-hydrogen) atoms. The lowest BCUT2D eigenvalue weighted by molar-refractivity contribution is 0.247. The minimum Gasteiger partial charge on any atom is -0.399 e. The maximum Gasteiger partial charge on any atom is 0.0319 e. The van der Waals surface area contributed by atoms with E-state index in [0.29, 0.717) is 6.04 Å². The molecule has 0 saturated carbocycles. The van der Waals surface area contributed by atoms with Gasteiger partial charge in [-0.2, -0.15) is 0 Å². The van der Waals surface area contributed by atoms with Crippen LogP contribution < -0.4 is 5.73 Å². The summed E-state index contributed by atoms with van der Waals surface area (Å²) in [5, 5.41) is 0. The monoisotopic (exact) mass is 176 g/mol. The number of benzene rings is 1. The third-order valence-corrected chi connectivity index (χ3v) is 3.01. The third kappa shape index (κ3) is 1.42. The summed E-state index contributed by atoms with van der Waals surface area (Å²) in [5.74, 6) is 0. The van der Waals surface area contributed by atoms with E-state index in [2.05, 4.69) is 31.0 Å². The number of likely N-dealkylation sites (N-methyl/N-ethyl adjacent to an activating group) is 1. The summed E-state index contributed by atoms with van der Waals surface area (Å²) in [5.41, 5.74) is 9.49. The van der Waals surface area contributed by atoms with Crippen molar-refractivity contribution in [1.29, 1.82) is 0 Å². The normalized spacial score (nSPS) is 22.8. The number of hydrogen-bond donors (Lipinski definition) is 1. The highest BCUT2D eigenvalue weighted by Crippen LogP contribution is 2.28. The maximum atomic E-state index is 5.75. The summed E-state index contributed by atoms with van der Waals surface area (Å²) in [4.78, 5) is 2.37. The van der Waals surface area contributed by atoms with Crippen LogP contribution in [0.1, 0.15) is 24.1 Å². The van der Waals surface area contributed by atoms with Gasteiger partial charge in [-0.3, -0.25) is 4.90 Å². The van der Waals surface area contributed by atoms with Gasteiger partial charge in [0.05, 0.1) is 0 Å². The highest BCUT2D eigenvalue weighted by atomic mass is 15.1. The highest BCUT2D eigenvalue weighted by molar-refractivity contribution is 5.46. The van der Waals surface area contributed by atoms with E-state index in [9.17, 15) is 0 Å². The zero-order chi connectivity index (χ0) is 9.42. The second-order valence-electron chi connectivity index (χ2n) is 3.86. The van der Waals surface area contributed by atoms with E-state index in [1.54, 1.807) is 0 Å². The van der Waals surface area contributed by atoms with Crippen molar-refractivity contribution in [1.82, 2.24) is 4.90 Å². The molecule has 1 aliphatic heterocycles. The van der Waals surface area contributed by atoms with E-state index < -0.39 is 0 Å². The predicted octanol–water partition coefficient (Wildman–Crippen LogP) is 1.82. The van der Waals surface area contributed by atoms with E-state index >= 15 is 0 Å². The number of rotatable bonds is 0. The first-order valence-electron chi connectivity index (χ1n) is 4.77. The molecular weight excluding hydrogens is 160 g/mol. The molecular formula is C11H16N2. The summed E-state index contributed by atoms with van der Waals surface area (Å²) in [6.45, 7) is 3.38. The second kappa shape index (κ2) is 3.04. The summed E-state index contributed by atoms with van der Waals surface area (Å²) in [7, 11) is 2.17. The van der Waals surface area contributed by atoms with Crippen LogP contribution in [0, 0.1) is 0 Å². The van der Waals surface area contributed by atoms with Gasteiger partial charge in [-0.1, -0.05) is 6.07 Å². The van der Waals surface area contributed by atoms with E-state index in [-0.39, 0.29) is 0 Å². The molecule has 0 aliphatic carbocycles. The van der Waals surface area contributed by atoms with Crippen LogP contribution in [0.5, 0.6) is 0 Å². The van der Waals surface area contributed by atoms with Gasteiger partial charge in [0.15, 0.2) is 0 Å². The Labute approximate surface area is 79.4 Å². The van der Waals surface area contributed by atoms with Gasteiger partial charge in [0.1, 0.15) is 0 Å². The Balaban J connectivity index is 2.44. The fraction of sp³-hybridized carbons (Fsp3) is 0.455. The Morgan fingerprint density at radius 1 is 1.46 bits per heavy atom. The van der Waals surface area contributed by atoms with E-state index in [1.165, 1.54) is 11.1 Å². The second-order valence-corrected chi connectivity index (χ2v) is 3.86. The quantitative estimate of drug-likeness (QED) is 0.611. The molecule has 1 heterocycles. The zero-order valence-corrected chi connectivity index (χ0v) is 8.25. The summed E-state index contributed by atoms with van der Waals surface area (Å²) in [6.07, 6.45) is 1.13. The van der Waals surface area contributed by atoms with Gasteiger partial charge >= 0.3 is 0 Å². The van der Waals surface area contributed by atoms with Crippen LogP contribution in [0.2, 0.25) is 0 Å². The zero-order valence-electron chi connectivity index (χ0n) is 8.25. The molecule has 0 aromatic heterocycles. The molecule has 2 rings (SSSR count). The Bertz CT molecular complexity index is 320.